The molecule has 4 heteroatoms. The first-order valence-electron chi connectivity index (χ1n) is 5.65. The fraction of sp³-hybridized carbons (Fsp3) is 0.583. The normalized spacial score (nSPS) is 20.9. The summed E-state index contributed by atoms with van der Waals surface area (Å²) in [6, 6.07) is 1.93. The smallest absolute Gasteiger partial charge is 0.174 e. The molecule has 0 aromatic carbocycles. The highest BCUT2D eigenvalue weighted by Gasteiger charge is 2.17. The Kier molecular flexibility index (Phi) is 4.55. The molecule has 0 saturated carbocycles. The molecule has 0 spiro atoms. The van der Waals surface area contributed by atoms with Crippen molar-refractivity contribution in [3.63, 3.8) is 0 Å². The van der Waals surface area contributed by atoms with E-state index in [4.69, 9.17) is 4.74 Å². The number of Topliss-reactive ketones (excluding diaryl/α,β-unsaturated/α-hetero) is 1. The first kappa shape index (κ1) is 12.3. The van der Waals surface area contributed by atoms with Crippen molar-refractivity contribution in [2.45, 2.75) is 38.2 Å². The van der Waals surface area contributed by atoms with Gasteiger partial charge in [-0.1, -0.05) is 0 Å². The van der Waals surface area contributed by atoms with Gasteiger partial charge in [-0.05, 0) is 53.1 Å². The standard InChI is InChI=1S/C12H15BrO2S/c13-10-6-8-16-12(10)11(14)5-4-9-3-1-2-7-15-9/h6,8-9H,1-5,7H2. The van der Waals surface area contributed by atoms with Crippen LogP contribution in [-0.4, -0.2) is 18.5 Å². The minimum atomic E-state index is 0.232. The van der Waals surface area contributed by atoms with Gasteiger partial charge < -0.3 is 4.74 Å². The molecular formula is C12H15BrO2S. The summed E-state index contributed by atoms with van der Waals surface area (Å²) in [4.78, 5) is 12.7. The van der Waals surface area contributed by atoms with E-state index < -0.39 is 0 Å². The fourth-order valence-electron chi connectivity index (χ4n) is 1.93. The second kappa shape index (κ2) is 5.94. The molecule has 0 aliphatic carbocycles. The van der Waals surface area contributed by atoms with Crippen molar-refractivity contribution in [2.75, 3.05) is 6.61 Å². The molecule has 2 rings (SSSR count). The van der Waals surface area contributed by atoms with Crippen LogP contribution in [0.3, 0.4) is 0 Å². The fourth-order valence-corrected chi connectivity index (χ4v) is 3.50. The zero-order valence-corrected chi connectivity index (χ0v) is 11.5. The lowest BCUT2D eigenvalue weighted by Crippen LogP contribution is -2.19. The highest BCUT2D eigenvalue weighted by Crippen LogP contribution is 2.25. The van der Waals surface area contributed by atoms with E-state index >= 15 is 0 Å². The van der Waals surface area contributed by atoms with Gasteiger partial charge in [0.15, 0.2) is 5.78 Å². The van der Waals surface area contributed by atoms with Crippen LogP contribution in [0.4, 0.5) is 0 Å². The van der Waals surface area contributed by atoms with E-state index in [1.54, 1.807) is 0 Å². The molecule has 1 aliphatic heterocycles. The largest absolute Gasteiger partial charge is 0.378 e. The lowest BCUT2D eigenvalue weighted by molar-refractivity contribution is 0.0105. The summed E-state index contributed by atoms with van der Waals surface area (Å²) in [5, 5.41) is 1.94. The number of ether oxygens (including phenoxy) is 1. The van der Waals surface area contributed by atoms with E-state index in [1.165, 1.54) is 24.2 Å². The van der Waals surface area contributed by atoms with Crippen LogP contribution in [0.5, 0.6) is 0 Å². The highest BCUT2D eigenvalue weighted by molar-refractivity contribution is 9.10. The Morgan fingerprint density at radius 3 is 3.06 bits per heavy atom. The predicted molar refractivity (Wildman–Crippen MR) is 69.2 cm³/mol. The van der Waals surface area contributed by atoms with Gasteiger partial charge in [0.05, 0.1) is 11.0 Å². The monoisotopic (exact) mass is 302 g/mol. The Morgan fingerprint density at radius 1 is 1.56 bits per heavy atom. The number of carbonyl (C=O) groups is 1. The second-order valence-corrected chi connectivity index (χ2v) is 5.82. The van der Waals surface area contributed by atoms with E-state index in [0.29, 0.717) is 12.5 Å². The average molecular weight is 303 g/mol. The Balaban J connectivity index is 1.81. The maximum Gasteiger partial charge on any atom is 0.174 e. The van der Waals surface area contributed by atoms with Crippen LogP contribution in [0.2, 0.25) is 0 Å². The van der Waals surface area contributed by atoms with Crippen LogP contribution < -0.4 is 0 Å². The van der Waals surface area contributed by atoms with E-state index in [1.807, 2.05) is 11.4 Å². The van der Waals surface area contributed by atoms with Gasteiger partial charge in [-0.3, -0.25) is 4.79 Å². The molecule has 0 N–H and O–H groups in total. The van der Waals surface area contributed by atoms with Crippen LogP contribution >= 0.6 is 27.3 Å². The van der Waals surface area contributed by atoms with Gasteiger partial charge in [0.2, 0.25) is 0 Å². The summed E-state index contributed by atoms with van der Waals surface area (Å²) in [5.41, 5.74) is 0. The number of halogens is 1. The lowest BCUT2D eigenvalue weighted by atomic mass is 10.0. The van der Waals surface area contributed by atoms with Crippen LogP contribution in [-0.2, 0) is 4.74 Å². The van der Waals surface area contributed by atoms with Crippen LogP contribution in [0.15, 0.2) is 15.9 Å². The summed E-state index contributed by atoms with van der Waals surface area (Å²) in [6.45, 7) is 0.863. The zero-order valence-electron chi connectivity index (χ0n) is 9.08. The predicted octanol–water partition coefficient (Wildman–Crippen LogP) is 4.04. The molecule has 1 atom stereocenters. The maximum atomic E-state index is 11.9. The molecule has 0 bridgehead atoms. The third-order valence-electron chi connectivity index (χ3n) is 2.84. The molecule has 88 valence electrons. The van der Waals surface area contributed by atoms with E-state index in [0.717, 1.165) is 28.8 Å². The van der Waals surface area contributed by atoms with Gasteiger partial charge in [0.1, 0.15) is 0 Å². The molecule has 1 aliphatic rings. The number of hydrogen-bond acceptors (Lipinski definition) is 3. The van der Waals surface area contributed by atoms with Gasteiger partial charge in [0, 0.05) is 17.5 Å². The van der Waals surface area contributed by atoms with E-state index in [-0.39, 0.29) is 5.78 Å². The van der Waals surface area contributed by atoms with Crippen LogP contribution in [0.1, 0.15) is 41.8 Å². The first-order chi connectivity index (χ1) is 7.77. The summed E-state index contributed by atoms with van der Waals surface area (Å²) >= 11 is 4.90. The van der Waals surface area contributed by atoms with Crippen LogP contribution in [0, 0.1) is 0 Å². The minimum Gasteiger partial charge on any atom is -0.378 e. The quantitative estimate of drug-likeness (QED) is 0.785. The summed E-state index contributed by atoms with van der Waals surface area (Å²) in [5.74, 6) is 0.232. The topological polar surface area (TPSA) is 26.3 Å². The number of thiophene rings is 1. The van der Waals surface area contributed by atoms with E-state index in [9.17, 15) is 4.79 Å². The summed E-state index contributed by atoms with van der Waals surface area (Å²) < 4.78 is 6.54. The van der Waals surface area contributed by atoms with E-state index in [2.05, 4.69) is 15.9 Å². The summed E-state index contributed by atoms with van der Waals surface area (Å²) in [6.07, 6.45) is 5.28. The van der Waals surface area contributed by atoms with Crippen molar-refractivity contribution in [1.82, 2.24) is 0 Å². The molecule has 1 unspecified atom stereocenters. The second-order valence-electron chi connectivity index (χ2n) is 4.05. The lowest BCUT2D eigenvalue weighted by Gasteiger charge is -2.21. The molecule has 0 amide bonds. The Labute approximate surface area is 108 Å². The Morgan fingerprint density at radius 2 is 2.44 bits per heavy atom. The average Bonchev–Trinajstić information content (AvgIpc) is 2.74. The number of ketones is 1. The molecule has 0 radical (unpaired) electrons. The molecule has 2 heterocycles. The molecular weight excluding hydrogens is 288 g/mol. The molecule has 1 saturated heterocycles. The van der Waals surface area contributed by atoms with Gasteiger partial charge >= 0.3 is 0 Å². The van der Waals surface area contributed by atoms with Crippen molar-refractivity contribution >= 4 is 33.0 Å². The van der Waals surface area contributed by atoms with Crippen molar-refractivity contribution < 1.29 is 9.53 Å². The third kappa shape index (κ3) is 3.15. The Bertz CT molecular complexity index is 356. The Hall–Kier alpha value is -0.190. The molecule has 2 nitrogen and oxygen atoms in total. The number of hydrogen-bond donors (Lipinski definition) is 0. The van der Waals surface area contributed by atoms with Gasteiger partial charge in [-0.2, -0.15) is 0 Å². The first-order valence-corrected chi connectivity index (χ1v) is 7.32. The maximum absolute atomic E-state index is 11.9. The van der Waals surface area contributed by atoms with Crippen molar-refractivity contribution in [2.24, 2.45) is 0 Å². The molecule has 1 aromatic heterocycles. The zero-order chi connectivity index (χ0) is 11.4. The van der Waals surface area contributed by atoms with Gasteiger partial charge in [-0.25, -0.2) is 0 Å². The van der Waals surface area contributed by atoms with Crippen molar-refractivity contribution in [3.05, 3.63) is 20.8 Å². The number of rotatable bonds is 4. The number of carbonyl (C=O) groups excluding carboxylic acids is 1. The van der Waals surface area contributed by atoms with Gasteiger partial charge in [-0.15, -0.1) is 11.3 Å². The minimum absolute atomic E-state index is 0.232. The van der Waals surface area contributed by atoms with Gasteiger partial charge in [0.25, 0.3) is 0 Å². The van der Waals surface area contributed by atoms with Crippen molar-refractivity contribution in [1.29, 1.82) is 0 Å². The highest BCUT2D eigenvalue weighted by atomic mass is 79.9. The third-order valence-corrected chi connectivity index (χ3v) is 4.72. The molecule has 16 heavy (non-hydrogen) atoms. The summed E-state index contributed by atoms with van der Waals surface area (Å²) in [7, 11) is 0. The SMILES string of the molecule is O=C(CCC1CCCCO1)c1sccc1Br. The van der Waals surface area contributed by atoms with Crippen LogP contribution in [0.25, 0.3) is 0 Å². The molecule has 1 fully saturated rings. The molecule has 1 aromatic rings. The van der Waals surface area contributed by atoms with Crippen molar-refractivity contribution in [3.8, 4) is 0 Å².